The average molecular weight is 348 g/mol. The monoisotopic (exact) mass is 348 g/mol. The van der Waals surface area contributed by atoms with Crippen molar-refractivity contribution in [2.45, 2.75) is 25.1 Å². The summed E-state index contributed by atoms with van der Waals surface area (Å²) in [5.41, 5.74) is 0.801. The van der Waals surface area contributed by atoms with Gasteiger partial charge in [0.2, 0.25) is 0 Å². The molecule has 10 heteroatoms. The van der Waals surface area contributed by atoms with Crippen LogP contribution in [-0.4, -0.2) is 52.8 Å². The zero-order valence-electron chi connectivity index (χ0n) is 12.4. The Labute approximate surface area is 155 Å². The molecule has 8 nitrogen and oxygen atoms in total. The number of likely N-dealkylation sites (tertiary alicyclic amines) is 1. The van der Waals surface area contributed by atoms with Gasteiger partial charge in [0.1, 0.15) is 12.6 Å². The van der Waals surface area contributed by atoms with Crippen LogP contribution in [0.5, 0.6) is 0 Å². The van der Waals surface area contributed by atoms with Gasteiger partial charge in [0.15, 0.2) is 10.3 Å². The van der Waals surface area contributed by atoms with Gasteiger partial charge >= 0.3 is 35.7 Å². The minimum atomic E-state index is -4.82. The second-order valence-corrected chi connectivity index (χ2v) is 6.38. The van der Waals surface area contributed by atoms with E-state index in [9.17, 15) is 22.6 Å². The number of hydrogen-bond donors (Lipinski definition) is 0. The molecule has 0 spiro atoms. The molecule has 1 aromatic carbocycles. The van der Waals surface area contributed by atoms with Gasteiger partial charge in [-0.3, -0.25) is 9.69 Å². The zero-order valence-corrected chi connectivity index (χ0v) is 15.2. The Balaban J connectivity index is 0.00000192. The van der Waals surface area contributed by atoms with Crippen molar-refractivity contribution in [3.8, 4) is 0 Å². The fourth-order valence-electron chi connectivity index (χ4n) is 2.81. The predicted octanol–water partition coefficient (Wildman–Crippen LogP) is -2.93. The Morgan fingerprint density at radius 1 is 1.30 bits per heavy atom. The number of benzene rings is 1. The third kappa shape index (κ3) is 3.38. The summed E-state index contributed by atoms with van der Waals surface area (Å²) < 4.78 is 38.3. The number of fused-ring (bicyclic) bond motifs is 1. The van der Waals surface area contributed by atoms with Gasteiger partial charge in [-0.2, -0.15) is 0 Å². The van der Waals surface area contributed by atoms with Crippen molar-refractivity contribution in [2.75, 3.05) is 6.54 Å². The van der Waals surface area contributed by atoms with Crippen LogP contribution in [0.2, 0.25) is 0 Å². The van der Waals surface area contributed by atoms with Crippen molar-refractivity contribution in [3.63, 3.8) is 0 Å². The maximum Gasteiger partial charge on any atom is 1.00 e. The van der Waals surface area contributed by atoms with E-state index in [1.165, 1.54) is 4.90 Å². The molecule has 2 aliphatic rings. The summed E-state index contributed by atoms with van der Waals surface area (Å²) in [6, 6.07) is 7.36. The second-order valence-electron chi connectivity index (χ2n) is 5.13. The van der Waals surface area contributed by atoms with Crippen molar-refractivity contribution in [2.24, 2.45) is 0 Å². The molecule has 2 aliphatic heterocycles. The third-order valence-electron chi connectivity index (χ3n) is 3.82. The van der Waals surface area contributed by atoms with Crippen LogP contribution in [0, 0.1) is 0 Å². The van der Waals surface area contributed by atoms with E-state index >= 15 is 0 Å². The van der Waals surface area contributed by atoms with E-state index in [1.807, 2.05) is 18.2 Å². The number of ether oxygens (including phenoxy) is 1. The Bertz CT molecular complexity index is 710. The largest absolute Gasteiger partial charge is 1.00 e. The van der Waals surface area contributed by atoms with E-state index in [-0.39, 0.29) is 49.1 Å². The topological polar surface area (TPSA) is 107 Å². The molecular weight excluding hydrogens is 335 g/mol. The van der Waals surface area contributed by atoms with Gasteiger partial charge in [-0.25, -0.2) is 17.5 Å². The van der Waals surface area contributed by atoms with Crippen LogP contribution in [0.15, 0.2) is 30.3 Å². The van der Waals surface area contributed by atoms with Gasteiger partial charge in [-0.15, -0.1) is 0 Å². The molecule has 23 heavy (non-hydrogen) atoms. The predicted molar refractivity (Wildman–Crippen MR) is 72.1 cm³/mol. The van der Waals surface area contributed by atoms with Crippen LogP contribution in [0.4, 0.5) is 4.79 Å². The van der Waals surface area contributed by atoms with E-state index in [0.717, 1.165) is 5.56 Å². The molecule has 2 amide bonds. The van der Waals surface area contributed by atoms with Crippen molar-refractivity contribution in [1.82, 2.24) is 9.21 Å². The Kier molecular flexibility index (Phi) is 5.37. The molecule has 0 unspecified atom stereocenters. The summed E-state index contributed by atoms with van der Waals surface area (Å²) in [7, 11) is -4.82. The second kappa shape index (κ2) is 6.78. The Morgan fingerprint density at radius 3 is 2.57 bits per heavy atom. The van der Waals surface area contributed by atoms with Crippen LogP contribution in [0.25, 0.3) is 0 Å². The van der Waals surface area contributed by atoms with Crippen molar-refractivity contribution >= 4 is 22.3 Å². The molecule has 0 bridgehead atoms. The van der Waals surface area contributed by atoms with E-state index in [1.54, 1.807) is 12.1 Å². The van der Waals surface area contributed by atoms with Gasteiger partial charge in [0, 0.05) is 6.54 Å². The summed E-state index contributed by atoms with van der Waals surface area (Å²) >= 11 is 0. The number of β-lactam (4-membered cyclic amide) rings is 1. The molecule has 0 aliphatic carbocycles. The number of rotatable bonds is 3. The first kappa shape index (κ1) is 18.2. The first-order valence-electron chi connectivity index (χ1n) is 6.66. The average Bonchev–Trinajstić information content (AvgIpc) is 2.83. The number of carbonyl (C=O) groups excluding carboxylic acids is 2. The molecule has 118 valence electrons. The molecule has 0 saturated carbocycles. The molecular formula is C13H13N2NaO6S. The molecule has 2 saturated heterocycles. The molecule has 3 rings (SSSR count). The Morgan fingerprint density at radius 2 is 1.96 bits per heavy atom. The maximum absolute atomic E-state index is 12.0. The summed E-state index contributed by atoms with van der Waals surface area (Å²) in [6.07, 6.45) is -0.439. The third-order valence-corrected chi connectivity index (χ3v) is 4.75. The smallest absolute Gasteiger partial charge is 0.731 e. The minimum absolute atomic E-state index is 0. The number of hydrogen-bond acceptors (Lipinski definition) is 6. The molecule has 1 aromatic rings. The molecule has 2 atom stereocenters. The number of nitrogens with zero attached hydrogens (tertiary/aromatic N) is 2. The molecule has 0 aromatic heterocycles. The number of amides is 2. The van der Waals surface area contributed by atoms with Gasteiger partial charge in [0.05, 0.1) is 6.04 Å². The number of carbonyl (C=O) groups is 2. The van der Waals surface area contributed by atoms with Gasteiger partial charge in [-0.1, -0.05) is 30.3 Å². The first-order valence-corrected chi connectivity index (χ1v) is 8.02. The van der Waals surface area contributed by atoms with Crippen LogP contribution in [0.1, 0.15) is 12.0 Å². The summed E-state index contributed by atoms with van der Waals surface area (Å²) in [6.45, 7) is 0.242. The summed E-state index contributed by atoms with van der Waals surface area (Å²) in [5, 5.41) is 0. The van der Waals surface area contributed by atoms with E-state index in [2.05, 4.69) is 0 Å². The van der Waals surface area contributed by atoms with Crippen LogP contribution < -0.4 is 29.6 Å². The maximum atomic E-state index is 12.0. The van der Waals surface area contributed by atoms with E-state index in [4.69, 9.17) is 4.74 Å². The van der Waals surface area contributed by atoms with Crippen molar-refractivity contribution in [1.29, 1.82) is 0 Å². The SMILES string of the molecule is O=C(OCc1ccccc1)N1CC[C@@H]2[C@H]1C(=O)N2S(=O)(=O)[O-].[Na+]. The first-order chi connectivity index (χ1) is 10.4. The summed E-state index contributed by atoms with van der Waals surface area (Å²) in [5.74, 6) is -0.867. The van der Waals surface area contributed by atoms with Crippen LogP contribution in [-0.2, 0) is 26.4 Å². The summed E-state index contributed by atoms with van der Waals surface area (Å²) in [4.78, 5) is 25.0. The fraction of sp³-hybridized carbons (Fsp3) is 0.385. The van der Waals surface area contributed by atoms with E-state index in [0.29, 0.717) is 4.31 Å². The molecule has 0 N–H and O–H groups in total. The van der Waals surface area contributed by atoms with Crippen LogP contribution in [0.3, 0.4) is 0 Å². The van der Waals surface area contributed by atoms with Crippen LogP contribution >= 0.6 is 0 Å². The van der Waals surface area contributed by atoms with Crippen molar-refractivity contribution < 1.29 is 56.9 Å². The standard InChI is InChI=1S/C13H14N2O6S.Na/c16-12-11-10(15(12)22(18,19)20)6-7-14(11)13(17)21-8-9-4-2-1-3-5-9;/h1-5,10-11H,6-8H2,(H,18,19,20);/q;+1/p-1/t10-,11+;/m1./s1. The van der Waals surface area contributed by atoms with Gasteiger partial charge in [0.25, 0.3) is 5.91 Å². The normalized spacial score (nSPS) is 22.9. The van der Waals surface area contributed by atoms with Gasteiger partial charge < -0.3 is 9.29 Å². The molecule has 2 heterocycles. The quantitative estimate of drug-likeness (QED) is 0.329. The fourth-order valence-corrected chi connectivity index (χ4v) is 3.69. The van der Waals surface area contributed by atoms with E-state index < -0.39 is 34.4 Å². The zero-order chi connectivity index (χ0) is 15.9. The molecule has 2 fully saturated rings. The Hall–Kier alpha value is -1.13. The van der Waals surface area contributed by atoms with Gasteiger partial charge in [-0.05, 0) is 12.0 Å². The minimum Gasteiger partial charge on any atom is -0.731 e. The molecule has 0 radical (unpaired) electrons. The van der Waals surface area contributed by atoms with Crippen molar-refractivity contribution in [3.05, 3.63) is 35.9 Å².